The van der Waals surface area contributed by atoms with E-state index in [2.05, 4.69) is 15.2 Å². The lowest BCUT2D eigenvalue weighted by molar-refractivity contribution is 0.0925. The largest absolute Gasteiger partial charge is 0.371 e. The first-order chi connectivity index (χ1) is 13.9. The van der Waals surface area contributed by atoms with Crippen LogP contribution in [0.1, 0.15) is 23.2 Å². The van der Waals surface area contributed by atoms with Crippen molar-refractivity contribution in [2.24, 2.45) is 0 Å². The normalized spacial score (nSPS) is 15.0. The fourth-order valence-electron chi connectivity index (χ4n) is 3.61. The summed E-state index contributed by atoms with van der Waals surface area (Å²) in [5, 5.41) is 4.32. The Morgan fingerprint density at radius 1 is 1.07 bits per heavy atom. The number of benzene rings is 2. The Balaban J connectivity index is 1.44. The van der Waals surface area contributed by atoms with Crippen molar-refractivity contribution in [1.82, 2.24) is 10.3 Å². The molecule has 1 N–H and O–H groups in total. The van der Waals surface area contributed by atoms with Gasteiger partial charge in [0.1, 0.15) is 0 Å². The number of anilines is 1. The van der Waals surface area contributed by atoms with Crippen LogP contribution < -0.4 is 10.2 Å². The van der Waals surface area contributed by atoms with E-state index in [1.54, 1.807) is 6.20 Å². The Hall–Kier alpha value is -2.80. The minimum absolute atomic E-state index is 0.186. The summed E-state index contributed by atoms with van der Waals surface area (Å²) in [5.41, 5.74) is 1.34. The number of nitrogens with zero attached hydrogens (tertiary/aromatic N) is 2. The van der Waals surface area contributed by atoms with Crippen molar-refractivity contribution in [3.63, 3.8) is 0 Å². The van der Waals surface area contributed by atoms with Crippen LogP contribution in [0.3, 0.4) is 0 Å². The number of aromatic nitrogens is 1. The van der Waals surface area contributed by atoms with Crippen LogP contribution in [0, 0.1) is 17.5 Å². The van der Waals surface area contributed by atoms with E-state index in [9.17, 15) is 18.0 Å². The van der Waals surface area contributed by atoms with Gasteiger partial charge < -0.3 is 10.2 Å². The van der Waals surface area contributed by atoms with Crippen LogP contribution in [0.2, 0.25) is 5.02 Å². The summed E-state index contributed by atoms with van der Waals surface area (Å²) in [7, 11) is 0. The van der Waals surface area contributed by atoms with Crippen LogP contribution in [0.15, 0.2) is 42.6 Å². The second kappa shape index (κ2) is 7.91. The van der Waals surface area contributed by atoms with E-state index < -0.39 is 28.9 Å². The van der Waals surface area contributed by atoms with Crippen molar-refractivity contribution in [2.75, 3.05) is 18.0 Å². The fourth-order valence-corrected chi connectivity index (χ4v) is 3.78. The summed E-state index contributed by atoms with van der Waals surface area (Å²) in [6.07, 6.45) is 3.00. The third-order valence-corrected chi connectivity index (χ3v) is 5.37. The first kappa shape index (κ1) is 19.5. The van der Waals surface area contributed by atoms with Crippen molar-refractivity contribution >= 4 is 34.1 Å². The number of nitrogens with one attached hydrogen (secondary N) is 1. The summed E-state index contributed by atoms with van der Waals surface area (Å²) in [6.45, 7) is 1.35. The topological polar surface area (TPSA) is 45.2 Å². The van der Waals surface area contributed by atoms with Gasteiger partial charge in [-0.3, -0.25) is 9.78 Å². The molecule has 1 saturated heterocycles. The molecule has 0 saturated carbocycles. The molecule has 1 amide bonds. The van der Waals surface area contributed by atoms with Gasteiger partial charge in [-0.05, 0) is 49.2 Å². The van der Waals surface area contributed by atoms with Crippen LogP contribution in [0.25, 0.3) is 10.9 Å². The number of piperidine rings is 1. The van der Waals surface area contributed by atoms with Gasteiger partial charge in [0.05, 0.1) is 11.1 Å². The number of carbonyl (C=O) groups is 1. The summed E-state index contributed by atoms with van der Waals surface area (Å²) in [4.78, 5) is 18.8. The maximum atomic E-state index is 13.8. The van der Waals surface area contributed by atoms with E-state index in [1.165, 1.54) is 0 Å². The quantitative estimate of drug-likeness (QED) is 0.626. The Kier molecular flexibility index (Phi) is 5.32. The van der Waals surface area contributed by atoms with Gasteiger partial charge in [-0.15, -0.1) is 0 Å². The van der Waals surface area contributed by atoms with Crippen LogP contribution >= 0.6 is 11.6 Å². The van der Waals surface area contributed by atoms with Gasteiger partial charge in [0.25, 0.3) is 5.91 Å². The highest BCUT2D eigenvalue weighted by atomic mass is 35.5. The fraction of sp³-hybridized carbons (Fsp3) is 0.238. The van der Waals surface area contributed by atoms with E-state index in [0.717, 1.165) is 28.7 Å². The zero-order valence-corrected chi connectivity index (χ0v) is 16.0. The molecule has 4 nitrogen and oxygen atoms in total. The molecule has 150 valence electrons. The van der Waals surface area contributed by atoms with Crippen molar-refractivity contribution in [3.8, 4) is 0 Å². The van der Waals surface area contributed by atoms with E-state index in [0.29, 0.717) is 31.0 Å². The van der Waals surface area contributed by atoms with Gasteiger partial charge in [0, 0.05) is 41.4 Å². The van der Waals surface area contributed by atoms with Crippen LogP contribution in [-0.4, -0.2) is 30.0 Å². The third-order valence-electron chi connectivity index (χ3n) is 5.13. The van der Waals surface area contributed by atoms with Gasteiger partial charge in [0.2, 0.25) is 0 Å². The molecule has 0 spiro atoms. The molecule has 8 heteroatoms. The van der Waals surface area contributed by atoms with Crippen LogP contribution in [0.5, 0.6) is 0 Å². The molecule has 1 aliphatic rings. The lowest BCUT2D eigenvalue weighted by Gasteiger charge is -2.34. The second-order valence-electron chi connectivity index (χ2n) is 6.95. The number of carbonyl (C=O) groups excluding carboxylic acids is 1. The summed E-state index contributed by atoms with van der Waals surface area (Å²) < 4.78 is 40.3. The highest BCUT2D eigenvalue weighted by Crippen LogP contribution is 2.29. The number of rotatable bonds is 3. The number of hydrogen-bond donors (Lipinski definition) is 1. The Labute approximate surface area is 170 Å². The summed E-state index contributed by atoms with van der Waals surface area (Å²) >= 11 is 6.04. The first-order valence-corrected chi connectivity index (χ1v) is 9.55. The summed E-state index contributed by atoms with van der Waals surface area (Å²) in [5.74, 6) is -5.18. The minimum Gasteiger partial charge on any atom is -0.371 e. The van der Waals surface area contributed by atoms with E-state index >= 15 is 0 Å². The van der Waals surface area contributed by atoms with E-state index in [4.69, 9.17) is 11.6 Å². The zero-order chi connectivity index (χ0) is 20.5. The molecule has 0 aliphatic carbocycles. The Morgan fingerprint density at radius 2 is 1.83 bits per heavy atom. The zero-order valence-electron chi connectivity index (χ0n) is 15.3. The van der Waals surface area contributed by atoms with Gasteiger partial charge >= 0.3 is 0 Å². The maximum absolute atomic E-state index is 13.8. The molecule has 4 rings (SSSR count). The van der Waals surface area contributed by atoms with Gasteiger partial charge in [-0.25, -0.2) is 13.2 Å². The average Bonchev–Trinajstić information content (AvgIpc) is 2.72. The molecule has 2 heterocycles. The molecule has 0 radical (unpaired) electrons. The highest BCUT2D eigenvalue weighted by Gasteiger charge is 2.25. The SMILES string of the molecule is O=C(NC1CCN(c2ccnc3cc(Cl)ccc23)CC1)c1ccc(F)c(F)c1F. The molecule has 3 aromatic rings. The van der Waals surface area contributed by atoms with Gasteiger partial charge in [-0.1, -0.05) is 11.6 Å². The third kappa shape index (κ3) is 3.87. The molecule has 0 atom stereocenters. The summed E-state index contributed by atoms with van der Waals surface area (Å²) in [6, 6.07) is 9.01. The predicted molar refractivity (Wildman–Crippen MR) is 106 cm³/mol. The van der Waals surface area contributed by atoms with Gasteiger partial charge in [0.15, 0.2) is 17.5 Å². The van der Waals surface area contributed by atoms with Crippen molar-refractivity contribution in [1.29, 1.82) is 0 Å². The molecular formula is C21H17ClF3N3O. The lowest BCUT2D eigenvalue weighted by Crippen LogP contribution is -2.45. The predicted octanol–water partition coefficient (Wildman–Crippen LogP) is 4.70. The molecule has 1 aromatic heterocycles. The molecule has 1 aliphatic heterocycles. The van der Waals surface area contributed by atoms with Crippen molar-refractivity contribution in [3.05, 3.63) is 70.6 Å². The number of halogens is 4. The smallest absolute Gasteiger partial charge is 0.254 e. The Morgan fingerprint density at radius 3 is 2.59 bits per heavy atom. The number of pyridine rings is 1. The van der Waals surface area contributed by atoms with Crippen LogP contribution in [-0.2, 0) is 0 Å². The molecule has 2 aromatic carbocycles. The van der Waals surface area contributed by atoms with Crippen molar-refractivity contribution in [2.45, 2.75) is 18.9 Å². The number of amides is 1. The van der Waals surface area contributed by atoms with Crippen LogP contribution in [0.4, 0.5) is 18.9 Å². The van der Waals surface area contributed by atoms with E-state index in [-0.39, 0.29) is 6.04 Å². The number of fused-ring (bicyclic) bond motifs is 1. The molecule has 0 unspecified atom stereocenters. The molecule has 1 fully saturated rings. The minimum atomic E-state index is -1.64. The van der Waals surface area contributed by atoms with Gasteiger partial charge in [-0.2, -0.15) is 0 Å². The average molecular weight is 420 g/mol. The molecular weight excluding hydrogens is 403 g/mol. The molecule has 0 bridgehead atoms. The van der Waals surface area contributed by atoms with Crippen molar-refractivity contribution < 1.29 is 18.0 Å². The number of hydrogen-bond acceptors (Lipinski definition) is 3. The first-order valence-electron chi connectivity index (χ1n) is 9.17. The monoisotopic (exact) mass is 419 g/mol. The lowest BCUT2D eigenvalue weighted by atomic mass is 10.0. The Bertz CT molecular complexity index is 1080. The standard InChI is InChI=1S/C21H17ClF3N3O/c22-12-1-2-14-17(11-12)26-8-5-18(14)28-9-6-13(7-10-28)27-21(29)15-3-4-16(23)20(25)19(15)24/h1-5,8,11,13H,6-7,9-10H2,(H,27,29). The second-order valence-corrected chi connectivity index (χ2v) is 7.39. The molecule has 29 heavy (non-hydrogen) atoms. The highest BCUT2D eigenvalue weighted by molar-refractivity contribution is 6.31. The van der Waals surface area contributed by atoms with E-state index in [1.807, 2.05) is 24.3 Å². The maximum Gasteiger partial charge on any atom is 0.254 e.